The first-order chi connectivity index (χ1) is 10.4. The summed E-state index contributed by atoms with van der Waals surface area (Å²) < 4.78 is 36.5. The van der Waals surface area contributed by atoms with E-state index in [1.165, 1.54) is 42.9 Å². The molecule has 9 heteroatoms. The van der Waals surface area contributed by atoms with Crippen molar-refractivity contribution in [2.45, 2.75) is 6.18 Å². The van der Waals surface area contributed by atoms with Gasteiger partial charge < -0.3 is 10.6 Å². The summed E-state index contributed by atoms with van der Waals surface area (Å²) in [5.74, 6) is -2.67. The standard InChI is InChI=1S/C13H9F3N4O2/c14-13(15,16)12(22)20-9-3-1-2-8(6-9)19-11(21)10-7-17-4-5-18-10/h1-7H,(H,19,21)(H,20,22). The van der Waals surface area contributed by atoms with E-state index < -0.39 is 18.0 Å². The average Bonchev–Trinajstić information content (AvgIpc) is 2.47. The van der Waals surface area contributed by atoms with Gasteiger partial charge in [0.25, 0.3) is 5.91 Å². The van der Waals surface area contributed by atoms with E-state index in [1.54, 1.807) is 5.32 Å². The molecule has 0 aliphatic heterocycles. The lowest BCUT2D eigenvalue weighted by atomic mass is 10.2. The van der Waals surface area contributed by atoms with Crippen LogP contribution in [0.1, 0.15) is 10.5 Å². The predicted molar refractivity (Wildman–Crippen MR) is 71.1 cm³/mol. The van der Waals surface area contributed by atoms with Crippen molar-refractivity contribution in [2.24, 2.45) is 0 Å². The molecule has 0 unspecified atom stereocenters. The maximum Gasteiger partial charge on any atom is 0.471 e. The van der Waals surface area contributed by atoms with Crippen LogP contribution in [0.5, 0.6) is 0 Å². The molecule has 0 aliphatic carbocycles. The third-order valence-corrected chi connectivity index (χ3v) is 2.43. The van der Waals surface area contributed by atoms with Crippen LogP contribution in [0.3, 0.4) is 0 Å². The molecule has 0 saturated carbocycles. The van der Waals surface area contributed by atoms with Crippen LogP contribution in [0.15, 0.2) is 42.9 Å². The highest BCUT2D eigenvalue weighted by molar-refractivity contribution is 6.03. The largest absolute Gasteiger partial charge is 0.471 e. The monoisotopic (exact) mass is 310 g/mol. The van der Waals surface area contributed by atoms with E-state index in [9.17, 15) is 22.8 Å². The Kier molecular flexibility index (Phi) is 4.35. The van der Waals surface area contributed by atoms with Gasteiger partial charge in [-0.3, -0.25) is 14.6 Å². The minimum Gasteiger partial charge on any atom is -0.321 e. The third kappa shape index (κ3) is 4.01. The van der Waals surface area contributed by atoms with Gasteiger partial charge in [0.2, 0.25) is 0 Å². The number of hydrogen-bond donors (Lipinski definition) is 2. The Hall–Kier alpha value is -2.97. The van der Waals surface area contributed by atoms with Crippen LogP contribution in [0, 0.1) is 0 Å². The minimum absolute atomic E-state index is 0.0484. The molecule has 0 fully saturated rings. The molecule has 2 aromatic rings. The maximum atomic E-state index is 12.2. The van der Waals surface area contributed by atoms with Crippen molar-refractivity contribution < 1.29 is 22.8 Å². The second-order valence-corrected chi connectivity index (χ2v) is 4.08. The minimum atomic E-state index is -4.99. The number of halogens is 3. The van der Waals surface area contributed by atoms with Gasteiger partial charge in [-0.05, 0) is 18.2 Å². The summed E-state index contributed by atoms with van der Waals surface area (Å²) in [6, 6.07) is 5.30. The summed E-state index contributed by atoms with van der Waals surface area (Å²) in [5.41, 5.74) is 0.155. The number of aromatic nitrogens is 2. The van der Waals surface area contributed by atoms with E-state index in [1.807, 2.05) is 0 Å². The van der Waals surface area contributed by atoms with Crippen LogP contribution in [0.25, 0.3) is 0 Å². The quantitative estimate of drug-likeness (QED) is 0.910. The van der Waals surface area contributed by atoms with Crippen molar-refractivity contribution >= 4 is 23.2 Å². The Morgan fingerprint density at radius 2 is 1.73 bits per heavy atom. The number of hydrogen-bond acceptors (Lipinski definition) is 4. The number of anilines is 2. The molecule has 1 aromatic heterocycles. The van der Waals surface area contributed by atoms with Gasteiger partial charge in [0, 0.05) is 23.8 Å². The topological polar surface area (TPSA) is 84.0 Å². The molecule has 1 heterocycles. The van der Waals surface area contributed by atoms with Crippen molar-refractivity contribution in [1.29, 1.82) is 0 Å². The van der Waals surface area contributed by atoms with E-state index in [0.29, 0.717) is 0 Å². The second kappa shape index (κ2) is 6.20. The molecule has 0 saturated heterocycles. The van der Waals surface area contributed by atoms with E-state index in [-0.39, 0.29) is 17.1 Å². The summed E-state index contributed by atoms with van der Waals surface area (Å²) in [4.78, 5) is 30.2. The first-order valence-corrected chi connectivity index (χ1v) is 5.92. The van der Waals surface area contributed by atoms with E-state index in [4.69, 9.17) is 0 Å². The number of rotatable bonds is 3. The van der Waals surface area contributed by atoms with Gasteiger partial charge in [0.05, 0.1) is 6.20 Å². The summed E-state index contributed by atoms with van der Waals surface area (Å²) in [6.07, 6.45) is -1.03. The maximum absolute atomic E-state index is 12.2. The molecule has 1 aromatic carbocycles. The van der Waals surface area contributed by atoms with Crippen molar-refractivity contribution in [3.63, 3.8) is 0 Å². The summed E-state index contributed by atoms with van der Waals surface area (Å²) in [6.45, 7) is 0. The Morgan fingerprint density at radius 3 is 2.32 bits per heavy atom. The summed E-state index contributed by atoms with van der Waals surface area (Å²) in [7, 11) is 0. The lowest BCUT2D eigenvalue weighted by Crippen LogP contribution is -2.29. The van der Waals surface area contributed by atoms with E-state index in [2.05, 4.69) is 15.3 Å². The Labute approximate surface area is 122 Å². The van der Waals surface area contributed by atoms with Gasteiger partial charge in [0.1, 0.15) is 5.69 Å². The molecule has 2 rings (SSSR count). The molecule has 22 heavy (non-hydrogen) atoms. The molecule has 6 nitrogen and oxygen atoms in total. The smallest absolute Gasteiger partial charge is 0.321 e. The van der Waals surface area contributed by atoms with Gasteiger partial charge in [-0.2, -0.15) is 13.2 Å². The highest BCUT2D eigenvalue weighted by atomic mass is 19.4. The zero-order valence-corrected chi connectivity index (χ0v) is 10.9. The molecule has 0 aliphatic rings. The zero-order valence-electron chi connectivity index (χ0n) is 10.9. The van der Waals surface area contributed by atoms with Gasteiger partial charge in [-0.15, -0.1) is 0 Å². The molecule has 2 N–H and O–H groups in total. The third-order valence-electron chi connectivity index (χ3n) is 2.43. The summed E-state index contributed by atoms with van der Waals surface area (Å²) >= 11 is 0. The first kappa shape index (κ1) is 15.4. The van der Waals surface area contributed by atoms with Crippen LogP contribution >= 0.6 is 0 Å². The molecule has 0 radical (unpaired) electrons. The van der Waals surface area contributed by atoms with Crippen LogP contribution in [0.2, 0.25) is 0 Å². The van der Waals surface area contributed by atoms with E-state index in [0.717, 1.165) is 0 Å². The fourth-order valence-corrected chi connectivity index (χ4v) is 1.49. The van der Waals surface area contributed by atoms with E-state index >= 15 is 0 Å². The Morgan fingerprint density at radius 1 is 1.05 bits per heavy atom. The van der Waals surface area contributed by atoms with Gasteiger partial charge in [0.15, 0.2) is 0 Å². The van der Waals surface area contributed by atoms with Gasteiger partial charge in [-0.25, -0.2) is 4.98 Å². The van der Waals surface area contributed by atoms with Crippen molar-refractivity contribution in [3.05, 3.63) is 48.5 Å². The SMILES string of the molecule is O=C(Nc1cccc(NC(=O)C(F)(F)F)c1)c1cnccn1. The fourth-order valence-electron chi connectivity index (χ4n) is 1.49. The van der Waals surface area contributed by atoms with Crippen LogP contribution in [-0.4, -0.2) is 28.0 Å². The Balaban J connectivity index is 2.09. The van der Waals surface area contributed by atoms with Crippen molar-refractivity contribution in [2.75, 3.05) is 10.6 Å². The summed E-state index contributed by atoms with van der Waals surface area (Å²) in [5, 5.41) is 4.13. The zero-order chi connectivity index (χ0) is 16.2. The highest BCUT2D eigenvalue weighted by Crippen LogP contribution is 2.20. The molecular weight excluding hydrogens is 301 g/mol. The fraction of sp³-hybridized carbons (Fsp3) is 0.0769. The van der Waals surface area contributed by atoms with Crippen molar-refractivity contribution in [1.82, 2.24) is 9.97 Å². The number of nitrogens with one attached hydrogen (secondary N) is 2. The first-order valence-electron chi connectivity index (χ1n) is 5.92. The van der Waals surface area contributed by atoms with Crippen LogP contribution < -0.4 is 10.6 Å². The number of alkyl halides is 3. The molecule has 114 valence electrons. The number of amides is 2. The van der Waals surface area contributed by atoms with Crippen LogP contribution in [-0.2, 0) is 4.79 Å². The number of benzene rings is 1. The van der Waals surface area contributed by atoms with Crippen molar-refractivity contribution in [3.8, 4) is 0 Å². The normalized spacial score (nSPS) is 10.9. The van der Waals surface area contributed by atoms with Gasteiger partial charge >= 0.3 is 12.1 Å². The predicted octanol–water partition coefficient (Wildman–Crippen LogP) is 2.23. The number of nitrogens with zero attached hydrogens (tertiary/aromatic N) is 2. The average molecular weight is 310 g/mol. The lowest BCUT2D eigenvalue weighted by Gasteiger charge is -2.10. The van der Waals surface area contributed by atoms with Gasteiger partial charge in [-0.1, -0.05) is 6.07 Å². The molecule has 0 bridgehead atoms. The number of carbonyl (C=O) groups excluding carboxylic acids is 2. The highest BCUT2D eigenvalue weighted by Gasteiger charge is 2.38. The molecule has 2 amide bonds. The second-order valence-electron chi connectivity index (χ2n) is 4.08. The molecule has 0 spiro atoms. The number of carbonyl (C=O) groups is 2. The molecular formula is C13H9F3N4O2. The Bertz CT molecular complexity index is 689. The van der Waals surface area contributed by atoms with Crippen LogP contribution in [0.4, 0.5) is 24.5 Å². The molecule has 0 atom stereocenters. The lowest BCUT2D eigenvalue weighted by molar-refractivity contribution is -0.167.